The maximum Gasteiger partial charge on any atom is 0.412 e. The second kappa shape index (κ2) is 8.73. The monoisotopic (exact) mass is 387 g/mol. The number of carbonyl (C=O) groups is 2. The van der Waals surface area contributed by atoms with Crippen LogP contribution in [0.5, 0.6) is 0 Å². The molecule has 152 valence electrons. The third-order valence-electron chi connectivity index (χ3n) is 3.72. The Hall–Kier alpha value is -2.10. The molecule has 1 aromatic rings. The highest BCUT2D eigenvalue weighted by Gasteiger charge is 2.49. The fourth-order valence-corrected chi connectivity index (χ4v) is 2.27. The van der Waals surface area contributed by atoms with Crippen LogP contribution in [0.15, 0.2) is 24.3 Å². The first-order valence-corrected chi connectivity index (χ1v) is 8.40. The van der Waals surface area contributed by atoms with E-state index in [0.29, 0.717) is 11.3 Å². The number of alkyl halides is 2. The minimum atomic E-state index is -3.84. The second-order valence-corrected chi connectivity index (χ2v) is 7.40. The molecule has 0 saturated carbocycles. The summed E-state index contributed by atoms with van der Waals surface area (Å²) in [5.74, 6) is -4.78. The zero-order valence-electron chi connectivity index (χ0n) is 15.8. The molecule has 6 N–H and O–H groups in total. The first-order chi connectivity index (χ1) is 12.2. The molecule has 9 heteroatoms. The van der Waals surface area contributed by atoms with Gasteiger partial charge in [0.25, 0.3) is 5.92 Å². The van der Waals surface area contributed by atoms with Crippen LogP contribution in [0.4, 0.5) is 19.3 Å². The highest BCUT2D eigenvalue weighted by molar-refractivity contribution is 5.84. The van der Waals surface area contributed by atoms with Gasteiger partial charge in [0.1, 0.15) is 17.7 Å². The average molecular weight is 387 g/mol. The van der Waals surface area contributed by atoms with Crippen molar-refractivity contribution < 1.29 is 28.2 Å². The summed E-state index contributed by atoms with van der Waals surface area (Å²) < 4.78 is 33.2. The van der Waals surface area contributed by atoms with Crippen molar-refractivity contribution in [3.63, 3.8) is 0 Å². The van der Waals surface area contributed by atoms with Crippen molar-refractivity contribution in [2.75, 3.05) is 5.32 Å². The molecule has 0 aliphatic heterocycles. The third-order valence-corrected chi connectivity index (χ3v) is 3.72. The summed E-state index contributed by atoms with van der Waals surface area (Å²) in [5.41, 5.74) is 11.2. The lowest BCUT2D eigenvalue weighted by Gasteiger charge is -2.30. The number of hydrogen-bond donors (Lipinski definition) is 4. The Kier molecular flexibility index (Phi) is 7.41. The number of Topliss-reactive ketones (excluding diaryl/α,β-unsaturated/α-hetero) is 1. The molecule has 1 rings (SSSR count). The molecule has 0 heterocycles. The molecule has 1 amide bonds. The van der Waals surface area contributed by atoms with E-state index in [-0.39, 0.29) is 6.42 Å². The largest absolute Gasteiger partial charge is 0.444 e. The highest BCUT2D eigenvalue weighted by Crippen LogP contribution is 2.26. The Bertz CT molecular complexity index is 660. The SMILES string of the molecule is CC(=O)C(N)C(F)(F)C(O)C(N)Cc1ccc(NC(=O)OC(C)(C)C)cc1. The maximum absolute atomic E-state index is 14.0. The zero-order valence-corrected chi connectivity index (χ0v) is 15.8. The van der Waals surface area contributed by atoms with E-state index < -0.39 is 41.6 Å². The summed E-state index contributed by atoms with van der Waals surface area (Å²) in [6, 6.07) is 2.79. The van der Waals surface area contributed by atoms with Crippen molar-refractivity contribution >= 4 is 17.6 Å². The lowest BCUT2D eigenvalue weighted by molar-refractivity contribution is -0.150. The molecule has 3 atom stereocenters. The Morgan fingerprint density at radius 3 is 2.15 bits per heavy atom. The summed E-state index contributed by atoms with van der Waals surface area (Å²) in [6.07, 6.45) is -2.98. The van der Waals surface area contributed by atoms with Gasteiger partial charge in [0.05, 0.1) is 0 Å². The molecule has 0 fully saturated rings. The molecule has 0 aliphatic carbocycles. The topological polar surface area (TPSA) is 128 Å². The van der Waals surface area contributed by atoms with Gasteiger partial charge in [-0.25, -0.2) is 13.6 Å². The van der Waals surface area contributed by atoms with E-state index in [2.05, 4.69) is 5.32 Å². The smallest absolute Gasteiger partial charge is 0.412 e. The van der Waals surface area contributed by atoms with E-state index in [4.69, 9.17) is 16.2 Å². The van der Waals surface area contributed by atoms with Crippen molar-refractivity contribution in [3.8, 4) is 0 Å². The quantitative estimate of drug-likeness (QED) is 0.565. The Labute approximate surface area is 157 Å². The number of ketones is 1. The van der Waals surface area contributed by atoms with Crippen LogP contribution in [0.1, 0.15) is 33.3 Å². The second-order valence-electron chi connectivity index (χ2n) is 7.40. The Morgan fingerprint density at radius 2 is 1.70 bits per heavy atom. The van der Waals surface area contributed by atoms with Crippen LogP contribution in [0.3, 0.4) is 0 Å². The number of aliphatic hydroxyl groups excluding tert-OH is 1. The van der Waals surface area contributed by atoms with E-state index in [1.165, 1.54) is 0 Å². The standard InChI is InChI=1S/C18H27F2N3O4/c1-10(24)14(22)18(19,20)15(25)13(21)9-11-5-7-12(8-6-11)23-16(26)27-17(2,3)4/h5-8,13-15,25H,9,21-22H2,1-4H3,(H,23,26). The molecule has 0 spiro atoms. The van der Waals surface area contributed by atoms with E-state index >= 15 is 0 Å². The van der Waals surface area contributed by atoms with Crippen molar-refractivity contribution in [2.24, 2.45) is 11.5 Å². The molecule has 0 bridgehead atoms. The predicted octanol–water partition coefficient (Wildman–Crippen LogP) is 1.82. The van der Waals surface area contributed by atoms with Gasteiger partial charge < -0.3 is 21.3 Å². The van der Waals surface area contributed by atoms with E-state index in [1.54, 1.807) is 45.0 Å². The Morgan fingerprint density at radius 1 is 1.19 bits per heavy atom. The number of nitrogens with two attached hydrogens (primary N) is 2. The van der Waals surface area contributed by atoms with Gasteiger partial charge in [-0.05, 0) is 51.8 Å². The number of aliphatic hydroxyl groups is 1. The lowest BCUT2D eigenvalue weighted by Crippen LogP contribution is -2.59. The number of carbonyl (C=O) groups excluding carboxylic acids is 2. The normalized spacial score (nSPS) is 15.6. The number of anilines is 1. The van der Waals surface area contributed by atoms with Gasteiger partial charge in [0.2, 0.25) is 0 Å². The molecule has 3 unspecified atom stereocenters. The van der Waals surface area contributed by atoms with Crippen molar-refractivity contribution in [1.29, 1.82) is 0 Å². The zero-order chi connectivity index (χ0) is 21.0. The summed E-state index contributed by atoms with van der Waals surface area (Å²) in [6.45, 7) is 6.12. The maximum atomic E-state index is 14.0. The van der Waals surface area contributed by atoms with Gasteiger partial charge in [-0.15, -0.1) is 0 Å². The van der Waals surface area contributed by atoms with Crippen LogP contribution < -0.4 is 16.8 Å². The number of hydrogen-bond acceptors (Lipinski definition) is 6. The van der Waals surface area contributed by atoms with Gasteiger partial charge in [0.15, 0.2) is 5.78 Å². The van der Waals surface area contributed by atoms with E-state index in [0.717, 1.165) is 6.92 Å². The number of benzene rings is 1. The highest BCUT2D eigenvalue weighted by atomic mass is 19.3. The van der Waals surface area contributed by atoms with Gasteiger partial charge in [-0.2, -0.15) is 0 Å². The molecule has 27 heavy (non-hydrogen) atoms. The van der Waals surface area contributed by atoms with Crippen LogP contribution >= 0.6 is 0 Å². The van der Waals surface area contributed by atoms with Crippen molar-refractivity contribution in [2.45, 2.75) is 63.8 Å². The van der Waals surface area contributed by atoms with Crippen molar-refractivity contribution in [3.05, 3.63) is 29.8 Å². The van der Waals surface area contributed by atoms with Crippen LogP contribution in [-0.2, 0) is 16.0 Å². The van der Waals surface area contributed by atoms with Crippen LogP contribution in [0.2, 0.25) is 0 Å². The molecule has 0 saturated heterocycles. The van der Waals surface area contributed by atoms with E-state index in [1.807, 2.05) is 0 Å². The van der Waals surface area contributed by atoms with E-state index in [9.17, 15) is 23.5 Å². The summed E-state index contributed by atoms with van der Waals surface area (Å²) in [4.78, 5) is 22.8. The first kappa shape index (κ1) is 22.9. The molecule has 7 nitrogen and oxygen atoms in total. The molecule has 1 aromatic carbocycles. The number of ether oxygens (including phenoxy) is 1. The Balaban J connectivity index is 2.72. The fraction of sp³-hybridized carbons (Fsp3) is 0.556. The molecular formula is C18H27F2N3O4. The summed E-state index contributed by atoms with van der Waals surface area (Å²) in [7, 11) is 0. The van der Waals surface area contributed by atoms with Gasteiger partial charge >= 0.3 is 6.09 Å². The third kappa shape index (κ3) is 6.85. The van der Waals surface area contributed by atoms with Crippen LogP contribution in [-0.4, -0.2) is 46.7 Å². The minimum absolute atomic E-state index is 0.0753. The summed E-state index contributed by atoms with van der Waals surface area (Å²) >= 11 is 0. The predicted molar refractivity (Wildman–Crippen MR) is 97.6 cm³/mol. The molecule has 0 aliphatic rings. The minimum Gasteiger partial charge on any atom is -0.444 e. The van der Waals surface area contributed by atoms with Gasteiger partial charge in [0, 0.05) is 11.7 Å². The number of halogens is 2. The number of amides is 1. The van der Waals surface area contributed by atoms with Crippen molar-refractivity contribution in [1.82, 2.24) is 0 Å². The van der Waals surface area contributed by atoms with Crippen LogP contribution in [0, 0.1) is 0 Å². The average Bonchev–Trinajstić information content (AvgIpc) is 2.53. The lowest BCUT2D eigenvalue weighted by atomic mass is 9.93. The fourth-order valence-electron chi connectivity index (χ4n) is 2.27. The molecule has 0 radical (unpaired) electrons. The summed E-state index contributed by atoms with van der Waals surface area (Å²) in [5, 5.41) is 12.4. The van der Waals surface area contributed by atoms with Crippen LogP contribution in [0.25, 0.3) is 0 Å². The molecule has 0 aromatic heterocycles. The van der Waals surface area contributed by atoms with Gasteiger partial charge in [-0.3, -0.25) is 10.1 Å². The number of rotatable bonds is 7. The molecular weight excluding hydrogens is 360 g/mol. The number of nitrogens with one attached hydrogen (secondary N) is 1. The first-order valence-electron chi connectivity index (χ1n) is 8.40. The van der Waals surface area contributed by atoms with Gasteiger partial charge in [-0.1, -0.05) is 12.1 Å².